The highest BCUT2D eigenvalue weighted by atomic mass is 32.1. The fraction of sp³-hybridized carbons (Fsp3) is 0.0833. The van der Waals surface area contributed by atoms with E-state index in [1.807, 2.05) is 48.5 Å². The van der Waals surface area contributed by atoms with E-state index in [1.165, 1.54) is 10.1 Å². The Morgan fingerprint density at radius 1 is 1.07 bits per heavy atom. The first kappa shape index (κ1) is 18.4. The Labute approximate surface area is 177 Å². The lowest BCUT2D eigenvalue weighted by molar-refractivity contribution is -0.115. The molecule has 5 rings (SSSR count). The van der Waals surface area contributed by atoms with Gasteiger partial charge in [0.05, 0.1) is 25.2 Å². The van der Waals surface area contributed by atoms with E-state index in [0.29, 0.717) is 6.42 Å². The van der Waals surface area contributed by atoms with Crippen molar-refractivity contribution in [3.8, 4) is 16.2 Å². The maximum absolute atomic E-state index is 12.6. The highest BCUT2D eigenvalue weighted by Crippen LogP contribution is 2.38. The van der Waals surface area contributed by atoms with Crippen LogP contribution in [0, 0.1) is 0 Å². The van der Waals surface area contributed by atoms with E-state index in [-0.39, 0.29) is 5.91 Å². The highest BCUT2D eigenvalue weighted by Gasteiger charge is 2.13. The maximum Gasteiger partial charge on any atom is 0.228 e. The summed E-state index contributed by atoms with van der Waals surface area (Å²) in [6.07, 6.45) is 2.08. The zero-order valence-electron chi connectivity index (χ0n) is 16.3. The third-order valence-corrected chi connectivity index (χ3v) is 6.20. The summed E-state index contributed by atoms with van der Waals surface area (Å²) in [6.45, 7) is 0. The Morgan fingerprint density at radius 2 is 1.90 bits per heavy atom. The van der Waals surface area contributed by atoms with Gasteiger partial charge in [0.15, 0.2) is 0 Å². The zero-order chi connectivity index (χ0) is 20.5. The smallest absolute Gasteiger partial charge is 0.228 e. The van der Waals surface area contributed by atoms with Crippen molar-refractivity contribution in [3.05, 3.63) is 78.5 Å². The summed E-state index contributed by atoms with van der Waals surface area (Å²) in [4.78, 5) is 13.8. The van der Waals surface area contributed by atoms with E-state index in [4.69, 9.17) is 4.74 Å². The summed E-state index contributed by atoms with van der Waals surface area (Å²) >= 11 is 1.73. The van der Waals surface area contributed by atoms with Crippen LogP contribution in [0.3, 0.4) is 0 Å². The van der Waals surface area contributed by atoms with Crippen molar-refractivity contribution in [2.45, 2.75) is 6.42 Å². The van der Waals surface area contributed by atoms with Crippen LogP contribution >= 0.6 is 11.3 Å². The van der Waals surface area contributed by atoms with Gasteiger partial charge in [-0.05, 0) is 47.3 Å². The molecule has 0 aliphatic rings. The quantitative estimate of drug-likeness (QED) is 0.392. The number of rotatable bonds is 5. The molecule has 2 N–H and O–H groups in total. The summed E-state index contributed by atoms with van der Waals surface area (Å²) in [6, 6.07) is 22.0. The van der Waals surface area contributed by atoms with Crippen molar-refractivity contribution < 1.29 is 9.53 Å². The van der Waals surface area contributed by atoms with Crippen LogP contribution < -0.4 is 10.1 Å². The number of methoxy groups -OCH3 is 1. The molecule has 0 aliphatic heterocycles. The van der Waals surface area contributed by atoms with Gasteiger partial charge in [-0.3, -0.25) is 9.89 Å². The number of nitrogens with one attached hydrogen (secondary N) is 2. The lowest BCUT2D eigenvalue weighted by Gasteiger charge is -2.09. The number of ether oxygens (including phenoxy) is 1. The van der Waals surface area contributed by atoms with Gasteiger partial charge >= 0.3 is 0 Å². The maximum atomic E-state index is 12.6. The van der Waals surface area contributed by atoms with Crippen LogP contribution in [0.2, 0.25) is 0 Å². The van der Waals surface area contributed by atoms with Crippen molar-refractivity contribution in [2.24, 2.45) is 0 Å². The second-order valence-electron chi connectivity index (χ2n) is 7.08. The van der Waals surface area contributed by atoms with E-state index in [0.717, 1.165) is 38.3 Å². The molecule has 0 unspecified atom stereocenters. The molecular formula is C24H19N3O2S. The topological polar surface area (TPSA) is 67.0 Å². The van der Waals surface area contributed by atoms with Gasteiger partial charge in [-0.1, -0.05) is 30.3 Å². The third kappa shape index (κ3) is 3.53. The number of H-pyrrole nitrogens is 1. The van der Waals surface area contributed by atoms with Crippen molar-refractivity contribution in [1.29, 1.82) is 0 Å². The monoisotopic (exact) mass is 413 g/mol. The van der Waals surface area contributed by atoms with Crippen molar-refractivity contribution in [3.63, 3.8) is 0 Å². The molecule has 0 spiro atoms. The largest absolute Gasteiger partial charge is 0.497 e. The van der Waals surface area contributed by atoms with Crippen LogP contribution in [0.15, 0.2) is 72.9 Å². The predicted molar refractivity (Wildman–Crippen MR) is 122 cm³/mol. The van der Waals surface area contributed by atoms with Gasteiger partial charge in [0.1, 0.15) is 5.75 Å². The van der Waals surface area contributed by atoms with E-state index < -0.39 is 0 Å². The van der Waals surface area contributed by atoms with Crippen LogP contribution in [0.5, 0.6) is 5.75 Å². The first-order valence-electron chi connectivity index (χ1n) is 9.58. The third-order valence-electron chi connectivity index (χ3n) is 5.05. The first-order valence-corrected chi connectivity index (χ1v) is 10.4. The minimum atomic E-state index is -0.0645. The number of benzene rings is 3. The molecule has 0 saturated carbocycles. The zero-order valence-corrected chi connectivity index (χ0v) is 17.1. The number of anilines is 1. The molecule has 1 amide bonds. The van der Waals surface area contributed by atoms with Gasteiger partial charge in [-0.2, -0.15) is 5.10 Å². The molecule has 0 radical (unpaired) electrons. The molecule has 0 saturated heterocycles. The van der Waals surface area contributed by atoms with E-state index in [1.54, 1.807) is 24.6 Å². The standard InChI is InChI=1S/C24H19N3O2S/c1-29-19-8-6-15(7-9-19)10-23(28)26-18-11-17-14-25-27-24(17)20(13-18)22-12-16-4-2-3-5-21(16)30-22/h2-9,11-14H,10H2,1H3,(H,25,27)(H,26,28). The molecule has 0 aliphatic carbocycles. The molecule has 0 fully saturated rings. The Hall–Kier alpha value is -3.64. The Balaban J connectivity index is 1.45. The summed E-state index contributed by atoms with van der Waals surface area (Å²) < 4.78 is 6.40. The Kier molecular flexibility index (Phi) is 4.69. The van der Waals surface area contributed by atoms with Gasteiger partial charge in [-0.15, -0.1) is 11.3 Å². The van der Waals surface area contributed by atoms with Crippen LogP contribution in [0.4, 0.5) is 5.69 Å². The Morgan fingerprint density at radius 3 is 2.70 bits per heavy atom. The van der Waals surface area contributed by atoms with Crippen LogP contribution in [-0.2, 0) is 11.2 Å². The number of hydrogen-bond donors (Lipinski definition) is 2. The molecule has 0 atom stereocenters. The SMILES string of the molecule is COc1ccc(CC(=O)Nc2cc(-c3cc4ccccc4s3)c3[nH]ncc3c2)cc1. The number of aromatic nitrogens is 2. The normalized spacial score (nSPS) is 11.1. The second-order valence-corrected chi connectivity index (χ2v) is 8.16. The summed E-state index contributed by atoms with van der Waals surface area (Å²) in [5.41, 5.74) is 3.69. The molecule has 5 aromatic rings. The predicted octanol–water partition coefficient (Wildman–Crippen LogP) is 5.63. The first-order chi connectivity index (χ1) is 14.7. The average molecular weight is 414 g/mol. The van der Waals surface area contributed by atoms with Crippen LogP contribution in [0.25, 0.3) is 31.4 Å². The molecule has 3 aromatic carbocycles. The van der Waals surface area contributed by atoms with Crippen molar-refractivity contribution >= 4 is 43.9 Å². The number of hydrogen-bond acceptors (Lipinski definition) is 4. The molecular weight excluding hydrogens is 394 g/mol. The van der Waals surface area contributed by atoms with E-state index in [2.05, 4.69) is 33.7 Å². The number of nitrogens with zero attached hydrogens (tertiary/aromatic N) is 1. The number of amides is 1. The molecule has 30 heavy (non-hydrogen) atoms. The van der Waals surface area contributed by atoms with E-state index in [9.17, 15) is 4.79 Å². The number of aromatic amines is 1. The van der Waals surface area contributed by atoms with Gasteiger partial charge in [-0.25, -0.2) is 0 Å². The highest BCUT2D eigenvalue weighted by molar-refractivity contribution is 7.22. The van der Waals surface area contributed by atoms with Crippen LogP contribution in [-0.4, -0.2) is 23.2 Å². The van der Waals surface area contributed by atoms with Crippen molar-refractivity contribution in [1.82, 2.24) is 10.2 Å². The summed E-state index contributed by atoms with van der Waals surface area (Å²) in [7, 11) is 1.63. The number of carbonyl (C=O) groups is 1. The number of thiophene rings is 1. The summed E-state index contributed by atoms with van der Waals surface area (Å²) in [5.74, 6) is 0.711. The second kappa shape index (κ2) is 7.65. The van der Waals surface area contributed by atoms with Gasteiger partial charge in [0, 0.05) is 26.2 Å². The molecule has 0 bridgehead atoms. The molecule has 6 heteroatoms. The van der Waals surface area contributed by atoms with Gasteiger partial charge in [0.2, 0.25) is 5.91 Å². The van der Waals surface area contributed by atoms with Gasteiger partial charge < -0.3 is 10.1 Å². The van der Waals surface area contributed by atoms with Gasteiger partial charge in [0.25, 0.3) is 0 Å². The molecule has 2 aromatic heterocycles. The lowest BCUT2D eigenvalue weighted by Crippen LogP contribution is -2.14. The lowest BCUT2D eigenvalue weighted by atomic mass is 10.1. The minimum absolute atomic E-state index is 0.0645. The molecule has 5 nitrogen and oxygen atoms in total. The fourth-order valence-corrected chi connectivity index (χ4v) is 4.66. The van der Waals surface area contributed by atoms with Crippen LogP contribution in [0.1, 0.15) is 5.56 Å². The fourth-order valence-electron chi connectivity index (χ4n) is 3.57. The van der Waals surface area contributed by atoms with Crippen molar-refractivity contribution in [2.75, 3.05) is 12.4 Å². The summed E-state index contributed by atoms with van der Waals surface area (Å²) in [5, 5.41) is 12.5. The molecule has 148 valence electrons. The Bertz CT molecular complexity index is 1320. The average Bonchev–Trinajstić information content (AvgIpc) is 3.40. The number of carbonyl (C=O) groups excluding carboxylic acids is 1. The number of fused-ring (bicyclic) bond motifs is 2. The molecule has 2 heterocycles. The van der Waals surface area contributed by atoms with E-state index >= 15 is 0 Å². The minimum Gasteiger partial charge on any atom is -0.497 e.